The molecule has 0 aromatic heterocycles. The number of likely N-dealkylation sites (tertiary alicyclic amines) is 2. The summed E-state index contributed by atoms with van der Waals surface area (Å²) in [7, 11) is 0. The van der Waals surface area contributed by atoms with Gasteiger partial charge in [0.15, 0.2) is 6.61 Å². The van der Waals surface area contributed by atoms with Crippen LogP contribution < -0.4 is 10.5 Å². The molecule has 33 heavy (non-hydrogen) atoms. The summed E-state index contributed by atoms with van der Waals surface area (Å²) in [5, 5.41) is 0. The Morgan fingerprint density at radius 1 is 0.970 bits per heavy atom. The highest BCUT2D eigenvalue weighted by Gasteiger charge is 2.39. The van der Waals surface area contributed by atoms with E-state index in [1.165, 1.54) is 0 Å². The van der Waals surface area contributed by atoms with E-state index >= 15 is 0 Å². The molecule has 7 nitrogen and oxygen atoms in total. The number of ether oxygens (including phenoxy) is 1. The van der Waals surface area contributed by atoms with Crippen molar-refractivity contribution in [2.75, 3.05) is 26.2 Å². The van der Waals surface area contributed by atoms with Crippen molar-refractivity contribution in [2.45, 2.75) is 31.7 Å². The average Bonchev–Trinajstić information content (AvgIpc) is 2.99. The number of carbonyl (C=O) groups excluding carboxylic acids is 3. The number of piperidine rings is 1. The molecule has 4 rings (SSSR count). The summed E-state index contributed by atoms with van der Waals surface area (Å²) < 4.78 is 5.63. The third-order valence-electron chi connectivity index (χ3n) is 6.82. The number of primary amides is 1. The predicted molar refractivity (Wildman–Crippen MR) is 124 cm³/mol. The first-order chi connectivity index (χ1) is 16.0. The zero-order chi connectivity index (χ0) is 23.2. The minimum absolute atomic E-state index is 0.00722. The second kappa shape index (κ2) is 10.5. The van der Waals surface area contributed by atoms with Gasteiger partial charge < -0.3 is 20.3 Å². The first-order valence-corrected chi connectivity index (χ1v) is 11.6. The summed E-state index contributed by atoms with van der Waals surface area (Å²) in [6.45, 7) is 1.72. The highest BCUT2D eigenvalue weighted by molar-refractivity contribution is 5.87. The van der Waals surface area contributed by atoms with Crippen molar-refractivity contribution in [3.05, 3.63) is 66.2 Å². The highest BCUT2D eigenvalue weighted by atomic mass is 16.5. The van der Waals surface area contributed by atoms with Gasteiger partial charge in [-0.2, -0.15) is 0 Å². The van der Waals surface area contributed by atoms with Crippen molar-refractivity contribution in [1.82, 2.24) is 9.80 Å². The fourth-order valence-electron chi connectivity index (χ4n) is 4.96. The molecule has 3 amide bonds. The minimum atomic E-state index is -0.655. The van der Waals surface area contributed by atoms with Crippen molar-refractivity contribution >= 4 is 17.7 Å². The molecule has 2 aromatic carbocycles. The van der Waals surface area contributed by atoms with Crippen LogP contribution in [0.3, 0.4) is 0 Å². The number of para-hydroxylation sites is 1. The number of nitrogens with zero attached hydrogens (tertiary/aromatic N) is 2. The third kappa shape index (κ3) is 5.72. The van der Waals surface area contributed by atoms with E-state index < -0.39 is 11.9 Å². The zero-order valence-corrected chi connectivity index (χ0v) is 18.8. The van der Waals surface area contributed by atoms with Gasteiger partial charge in [-0.3, -0.25) is 14.4 Å². The lowest BCUT2D eigenvalue weighted by molar-refractivity contribution is -0.139. The minimum Gasteiger partial charge on any atom is -0.484 e. The Hall–Kier alpha value is -3.35. The number of hydrogen-bond acceptors (Lipinski definition) is 4. The van der Waals surface area contributed by atoms with E-state index in [1.807, 2.05) is 65.6 Å². The van der Waals surface area contributed by atoms with Crippen molar-refractivity contribution in [2.24, 2.45) is 17.6 Å². The molecule has 0 saturated carbocycles. The maximum absolute atomic E-state index is 13.1. The van der Waals surface area contributed by atoms with Crippen LogP contribution in [0.4, 0.5) is 0 Å². The standard InChI is InChI=1S/C26H31N3O4/c27-26(32)23(15-19-7-3-1-4-8-19)29-14-12-21-17-28(13-11-20(21)16-24(29)30)25(31)18-33-22-9-5-2-6-10-22/h1-10,20-21,23H,11-18H2,(H2,27,32)/t20-,21-,23-/m0/s1. The van der Waals surface area contributed by atoms with Gasteiger partial charge in [0.2, 0.25) is 11.8 Å². The Labute approximate surface area is 194 Å². The highest BCUT2D eigenvalue weighted by Crippen LogP contribution is 2.33. The maximum atomic E-state index is 13.1. The lowest BCUT2D eigenvalue weighted by Gasteiger charge is -2.37. The molecule has 3 atom stereocenters. The number of rotatable bonds is 7. The largest absolute Gasteiger partial charge is 0.484 e. The topological polar surface area (TPSA) is 92.9 Å². The number of carbonyl (C=O) groups is 3. The van der Waals surface area contributed by atoms with Crippen LogP contribution in [0.1, 0.15) is 24.8 Å². The van der Waals surface area contributed by atoms with Gasteiger partial charge in [0, 0.05) is 32.5 Å². The number of amides is 3. The molecule has 0 aliphatic carbocycles. The SMILES string of the molecule is NC(=O)[C@H](Cc1ccccc1)N1CC[C@H]2CN(C(=O)COc3ccccc3)CC[C@H]2CC1=O. The van der Waals surface area contributed by atoms with E-state index in [4.69, 9.17) is 10.5 Å². The van der Waals surface area contributed by atoms with Gasteiger partial charge in [-0.15, -0.1) is 0 Å². The average molecular weight is 450 g/mol. The Morgan fingerprint density at radius 2 is 1.64 bits per heavy atom. The number of hydrogen-bond donors (Lipinski definition) is 1. The monoisotopic (exact) mass is 449 g/mol. The maximum Gasteiger partial charge on any atom is 0.260 e. The summed E-state index contributed by atoms with van der Waals surface area (Å²) in [6, 6.07) is 18.3. The Balaban J connectivity index is 1.37. The molecule has 2 aliphatic heterocycles. The summed E-state index contributed by atoms with van der Waals surface area (Å²) in [5.74, 6) is 0.572. The lowest BCUT2D eigenvalue weighted by atomic mass is 9.82. The van der Waals surface area contributed by atoms with Gasteiger partial charge >= 0.3 is 0 Å². The van der Waals surface area contributed by atoms with Crippen LogP contribution >= 0.6 is 0 Å². The molecule has 0 bridgehead atoms. The quantitative estimate of drug-likeness (QED) is 0.702. The molecule has 2 heterocycles. The Kier molecular flexibility index (Phi) is 7.27. The molecule has 2 saturated heterocycles. The molecule has 2 aromatic rings. The van der Waals surface area contributed by atoms with Gasteiger partial charge in [-0.1, -0.05) is 48.5 Å². The fourth-order valence-corrected chi connectivity index (χ4v) is 4.96. The summed E-state index contributed by atoms with van der Waals surface area (Å²) in [5.41, 5.74) is 6.70. The molecular weight excluding hydrogens is 418 g/mol. The number of benzene rings is 2. The Morgan fingerprint density at radius 3 is 2.33 bits per heavy atom. The van der Waals surface area contributed by atoms with Crippen LogP contribution in [0.5, 0.6) is 5.75 Å². The lowest BCUT2D eigenvalue weighted by Crippen LogP contribution is -2.49. The van der Waals surface area contributed by atoms with Gasteiger partial charge in [-0.05, 0) is 42.4 Å². The van der Waals surface area contributed by atoms with Crippen molar-refractivity contribution < 1.29 is 19.1 Å². The molecule has 7 heteroatoms. The van der Waals surface area contributed by atoms with Crippen LogP contribution in [0.25, 0.3) is 0 Å². The van der Waals surface area contributed by atoms with E-state index in [1.54, 1.807) is 4.90 Å². The number of nitrogens with two attached hydrogens (primary N) is 1. The molecule has 174 valence electrons. The summed E-state index contributed by atoms with van der Waals surface area (Å²) in [4.78, 5) is 41.6. The van der Waals surface area contributed by atoms with Crippen LogP contribution in [0, 0.1) is 11.8 Å². The van der Waals surface area contributed by atoms with Crippen LogP contribution in [0.15, 0.2) is 60.7 Å². The van der Waals surface area contributed by atoms with E-state index in [-0.39, 0.29) is 30.3 Å². The summed E-state index contributed by atoms with van der Waals surface area (Å²) >= 11 is 0. The third-order valence-corrected chi connectivity index (χ3v) is 6.82. The molecule has 0 radical (unpaired) electrons. The van der Waals surface area contributed by atoms with Crippen LogP contribution in [-0.2, 0) is 20.8 Å². The number of fused-ring (bicyclic) bond motifs is 1. The van der Waals surface area contributed by atoms with Gasteiger partial charge in [0.1, 0.15) is 11.8 Å². The van der Waals surface area contributed by atoms with Crippen molar-refractivity contribution in [3.63, 3.8) is 0 Å². The van der Waals surface area contributed by atoms with E-state index in [0.29, 0.717) is 38.2 Å². The zero-order valence-electron chi connectivity index (χ0n) is 18.8. The van der Waals surface area contributed by atoms with Crippen LogP contribution in [-0.4, -0.2) is 59.8 Å². The van der Waals surface area contributed by atoms with Gasteiger partial charge in [0.05, 0.1) is 0 Å². The molecular formula is C26H31N3O4. The normalized spacial score (nSPS) is 21.6. The van der Waals surface area contributed by atoms with Crippen LogP contribution in [0.2, 0.25) is 0 Å². The second-order valence-corrected chi connectivity index (χ2v) is 8.94. The molecule has 2 fully saturated rings. The molecule has 2 N–H and O–H groups in total. The smallest absolute Gasteiger partial charge is 0.260 e. The fraction of sp³-hybridized carbons (Fsp3) is 0.423. The second-order valence-electron chi connectivity index (χ2n) is 8.94. The first-order valence-electron chi connectivity index (χ1n) is 11.6. The van der Waals surface area contributed by atoms with Gasteiger partial charge in [0.25, 0.3) is 5.91 Å². The van der Waals surface area contributed by atoms with E-state index in [9.17, 15) is 14.4 Å². The Bertz CT molecular complexity index is 966. The molecule has 0 spiro atoms. The van der Waals surface area contributed by atoms with Crippen molar-refractivity contribution in [3.8, 4) is 5.75 Å². The summed E-state index contributed by atoms with van der Waals surface area (Å²) in [6.07, 6.45) is 2.34. The molecule has 0 unspecified atom stereocenters. The van der Waals surface area contributed by atoms with E-state index in [0.717, 1.165) is 18.4 Å². The first kappa shape index (κ1) is 22.8. The van der Waals surface area contributed by atoms with E-state index in [2.05, 4.69) is 0 Å². The van der Waals surface area contributed by atoms with Crippen molar-refractivity contribution in [1.29, 1.82) is 0 Å². The predicted octanol–water partition coefficient (Wildman–Crippen LogP) is 2.25. The molecule has 2 aliphatic rings. The van der Waals surface area contributed by atoms with Gasteiger partial charge in [-0.25, -0.2) is 0 Å².